The lowest BCUT2D eigenvalue weighted by molar-refractivity contribution is -0.136. The SMILES string of the molecule is O=C(Nc1ccccc1C(F)(F)F)N1CCCC(c2nnc(-c3ccc4c(c3)OCO4)o2)C1. The van der Waals surface area contributed by atoms with Gasteiger partial charge < -0.3 is 24.1 Å². The number of hydrogen-bond acceptors (Lipinski definition) is 6. The number of halogens is 3. The van der Waals surface area contributed by atoms with Crippen LogP contribution in [-0.4, -0.2) is 41.0 Å². The highest BCUT2D eigenvalue weighted by atomic mass is 19.4. The molecule has 3 heterocycles. The molecule has 0 saturated carbocycles. The third-order valence-electron chi connectivity index (χ3n) is 5.59. The van der Waals surface area contributed by atoms with Gasteiger partial charge in [-0.05, 0) is 43.2 Å². The second kappa shape index (κ2) is 8.30. The van der Waals surface area contributed by atoms with Crippen molar-refractivity contribution in [3.63, 3.8) is 0 Å². The van der Waals surface area contributed by atoms with Crippen molar-refractivity contribution < 1.29 is 31.9 Å². The lowest BCUT2D eigenvalue weighted by Gasteiger charge is -2.31. The molecule has 1 aromatic heterocycles. The third kappa shape index (κ3) is 4.30. The number of nitrogens with one attached hydrogen (secondary N) is 1. The van der Waals surface area contributed by atoms with Crippen LogP contribution in [0.3, 0.4) is 0 Å². The molecule has 1 atom stereocenters. The van der Waals surface area contributed by atoms with Crippen LogP contribution in [-0.2, 0) is 6.18 Å². The minimum atomic E-state index is -4.57. The molecule has 172 valence electrons. The predicted octanol–water partition coefficient (Wildman–Crippen LogP) is 4.90. The van der Waals surface area contributed by atoms with Gasteiger partial charge in [0, 0.05) is 18.7 Å². The number of alkyl halides is 3. The number of carbonyl (C=O) groups excluding carboxylic acids is 1. The molecule has 2 amide bonds. The van der Waals surface area contributed by atoms with E-state index in [4.69, 9.17) is 13.9 Å². The van der Waals surface area contributed by atoms with E-state index in [0.29, 0.717) is 48.2 Å². The molecule has 0 bridgehead atoms. The van der Waals surface area contributed by atoms with Crippen LogP contribution in [0.4, 0.5) is 23.7 Å². The Morgan fingerprint density at radius 3 is 2.76 bits per heavy atom. The van der Waals surface area contributed by atoms with E-state index in [0.717, 1.165) is 6.07 Å². The molecule has 3 aromatic rings. The molecule has 1 N–H and O–H groups in total. The Morgan fingerprint density at radius 1 is 1.09 bits per heavy atom. The van der Waals surface area contributed by atoms with Gasteiger partial charge in [0.25, 0.3) is 0 Å². The van der Waals surface area contributed by atoms with Crippen LogP contribution in [0, 0.1) is 0 Å². The Bertz CT molecular complexity index is 1180. The zero-order valence-electron chi connectivity index (χ0n) is 17.3. The number of benzene rings is 2. The highest BCUT2D eigenvalue weighted by Gasteiger charge is 2.35. The Balaban J connectivity index is 1.28. The number of aromatic nitrogens is 2. The first-order valence-electron chi connectivity index (χ1n) is 10.3. The fraction of sp³-hybridized carbons (Fsp3) is 0.318. The van der Waals surface area contributed by atoms with Gasteiger partial charge in [-0.2, -0.15) is 13.2 Å². The minimum absolute atomic E-state index is 0.154. The van der Waals surface area contributed by atoms with Gasteiger partial charge in [0.05, 0.1) is 17.2 Å². The van der Waals surface area contributed by atoms with Gasteiger partial charge in [0.1, 0.15) is 0 Å². The van der Waals surface area contributed by atoms with Crippen LogP contribution in [0.1, 0.15) is 30.2 Å². The van der Waals surface area contributed by atoms with Crippen molar-refractivity contribution in [2.45, 2.75) is 24.9 Å². The normalized spacial score (nSPS) is 17.8. The highest BCUT2D eigenvalue weighted by Crippen LogP contribution is 2.37. The summed E-state index contributed by atoms with van der Waals surface area (Å²) in [5.74, 6) is 1.68. The quantitative estimate of drug-likeness (QED) is 0.598. The minimum Gasteiger partial charge on any atom is -0.454 e. The maximum Gasteiger partial charge on any atom is 0.418 e. The summed E-state index contributed by atoms with van der Waals surface area (Å²) < 4.78 is 56.2. The number of fused-ring (bicyclic) bond motifs is 1. The van der Waals surface area contributed by atoms with Crippen molar-refractivity contribution in [3.8, 4) is 23.0 Å². The summed E-state index contributed by atoms with van der Waals surface area (Å²) in [6.07, 6.45) is -3.20. The van der Waals surface area contributed by atoms with E-state index < -0.39 is 17.8 Å². The van der Waals surface area contributed by atoms with E-state index in [1.165, 1.54) is 23.1 Å². The lowest BCUT2D eigenvalue weighted by Crippen LogP contribution is -2.42. The fourth-order valence-corrected chi connectivity index (χ4v) is 3.94. The summed E-state index contributed by atoms with van der Waals surface area (Å²) in [6, 6.07) is 9.58. The van der Waals surface area contributed by atoms with Gasteiger partial charge >= 0.3 is 12.2 Å². The summed E-state index contributed by atoms with van der Waals surface area (Å²) in [5.41, 5.74) is -0.496. The molecule has 0 radical (unpaired) electrons. The summed E-state index contributed by atoms with van der Waals surface area (Å²) in [4.78, 5) is 14.2. The molecule has 33 heavy (non-hydrogen) atoms. The van der Waals surface area contributed by atoms with Crippen molar-refractivity contribution in [1.82, 2.24) is 15.1 Å². The van der Waals surface area contributed by atoms with E-state index in [1.54, 1.807) is 18.2 Å². The van der Waals surface area contributed by atoms with E-state index in [9.17, 15) is 18.0 Å². The molecule has 8 nitrogen and oxygen atoms in total. The number of carbonyl (C=O) groups is 1. The first kappa shape index (κ1) is 21.1. The standard InChI is InChI=1S/C22H19F3N4O4/c23-22(24,25)15-5-1-2-6-16(15)26-21(30)29-9-3-4-14(11-29)20-28-27-19(33-20)13-7-8-17-18(10-13)32-12-31-17/h1-2,5-8,10,14H,3-4,9,11-12H2,(H,26,30). The molecule has 1 fully saturated rings. The second-order valence-electron chi connectivity index (χ2n) is 7.77. The van der Waals surface area contributed by atoms with Gasteiger partial charge in [-0.1, -0.05) is 12.1 Å². The molecule has 0 spiro atoms. The van der Waals surface area contributed by atoms with Crippen LogP contribution < -0.4 is 14.8 Å². The van der Waals surface area contributed by atoms with Crippen molar-refractivity contribution in [1.29, 1.82) is 0 Å². The number of anilines is 1. The van der Waals surface area contributed by atoms with Gasteiger partial charge in [0.15, 0.2) is 11.5 Å². The highest BCUT2D eigenvalue weighted by molar-refractivity contribution is 5.90. The number of para-hydroxylation sites is 1. The number of urea groups is 1. The zero-order valence-corrected chi connectivity index (χ0v) is 17.3. The summed E-state index contributed by atoms with van der Waals surface area (Å²) in [7, 11) is 0. The molecular weight excluding hydrogens is 441 g/mol. The number of likely N-dealkylation sites (tertiary alicyclic amines) is 1. The molecule has 0 aliphatic carbocycles. The largest absolute Gasteiger partial charge is 0.454 e. The number of amides is 2. The Labute approximate surface area is 186 Å². The van der Waals surface area contributed by atoms with E-state index in [-0.39, 0.29) is 24.9 Å². The van der Waals surface area contributed by atoms with E-state index in [2.05, 4.69) is 15.5 Å². The van der Waals surface area contributed by atoms with Crippen molar-refractivity contribution in [2.24, 2.45) is 0 Å². The van der Waals surface area contributed by atoms with E-state index in [1.807, 2.05) is 0 Å². The number of hydrogen-bond donors (Lipinski definition) is 1. The first-order chi connectivity index (χ1) is 15.9. The molecule has 5 rings (SSSR count). The zero-order chi connectivity index (χ0) is 23.0. The number of piperidine rings is 1. The topological polar surface area (TPSA) is 89.7 Å². The smallest absolute Gasteiger partial charge is 0.418 e. The molecule has 2 aromatic carbocycles. The van der Waals surface area contributed by atoms with Gasteiger partial charge in [0.2, 0.25) is 18.6 Å². The molecule has 1 unspecified atom stereocenters. The van der Waals surface area contributed by atoms with Crippen molar-refractivity contribution in [3.05, 3.63) is 53.9 Å². The Morgan fingerprint density at radius 2 is 1.91 bits per heavy atom. The van der Waals surface area contributed by atoms with Crippen LogP contribution in [0.2, 0.25) is 0 Å². The molecular formula is C22H19F3N4O4. The van der Waals surface area contributed by atoms with Crippen LogP contribution in [0.5, 0.6) is 11.5 Å². The number of nitrogens with zero attached hydrogens (tertiary/aromatic N) is 3. The fourth-order valence-electron chi connectivity index (χ4n) is 3.94. The average molecular weight is 460 g/mol. The lowest BCUT2D eigenvalue weighted by atomic mass is 9.98. The summed E-state index contributed by atoms with van der Waals surface area (Å²) in [6.45, 7) is 0.823. The average Bonchev–Trinajstić information content (AvgIpc) is 3.48. The summed E-state index contributed by atoms with van der Waals surface area (Å²) in [5, 5.41) is 10.6. The molecule has 2 aliphatic rings. The van der Waals surface area contributed by atoms with Gasteiger partial charge in [-0.15, -0.1) is 10.2 Å². The second-order valence-corrected chi connectivity index (χ2v) is 7.77. The monoisotopic (exact) mass is 460 g/mol. The van der Waals surface area contributed by atoms with Gasteiger partial charge in [-0.25, -0.2) is 4.79 Å². The molecule has 2 aliphatic heterocycles. The maximum absolute atomic E-state index is 13.2. The molecule has 11 heteroatoms. The van der Waals surface area contributed by atoms with Crippen molar-refractivity contribution in [2.75, 3.05) is 25.2 Å². The first-order valence-corrected chi connectivity index (χ1v) is 10.3. The van der Waals surface area contributed by atoms with Gasteiger partial charge in [-0.3, -0.25) is 0 Å². The van der Waals surface area contributed by atoms with Crippen LogP contribution in [0.25, 0.3) is 11.5 Å². The Kier molecular flexibility index (Phi) is 5.31. The number of ether oxygens (including phenoxy) is 2. The van der Waals surface area contributed by atoms with Crippen LogP contribution in [0.15, 0.2) is 46.9 Å². The number of rotatable bonds is 3. The Hall–Kier alpha value is -3.76. The predicted molar refractivity (Wildman–Crippen MR) is 110 cm³/mol. The van der Waals surface area contributed by atoms with E-state index >= 15 is 0 Å². The van der Waals surface area contributed by atoms with Crippen molar-refractivity contribution >= 4 is 11.7 Å². The van der Waals surface area contributed by atoms with Crippen LogP contribution >= 0.6 is 0 Å². The summed E-state index contributed by atoms with van der Waals surface area (Å²) >= 11 is 0. The maximum atomic E-state index is 13.2. The third-order valence-corrected chi connectivity index (χ3v) is 5.59. The molecule has 1 saturated heterocycles.